The molecule has 134 valence electrons. The molecule has 2 aromatic rings. The van der Waals surface area contributed by atoms with Crippen molar-refractivity contribution in [2.24, 2.45) is 0 Å². The van der Waals surface area contributed by atoms with Gasteiger partial charge in [0.05, 0.1) is 0 Å². The fraction of sp³-hybridized carbons (Fsp3) is 0.421. The van der Waals surface area contributed by atoms with E-state index in [0.29, 0.717) is 6.61 Å². The summed E-state index contributed by atoms with van der Waals surface area (Å²) in [7, 11) is 0. The van der Waals surface area contributed by atoms with Crippen molar-refractivity contribution in [3.8, 4) is 10.4 Å². The van der Waals surface area contributed by atoms with Crippen molar-refractivity contribution in [3.05, 3.63) is 46.3 Å². The summed E-state index contributed by atoms with van der Waals surface area (Å²) < 4.78 is 5.21. The van der Waals surface area contributed by atoms with E-state index < -0.39 is 0 Å². The molecule has 0 unspecified atom stereocenters. The maximum Gasteiger partial charge on any atom is 0.248 e. The number of thiophene rings is 1. The monoisotopic (exact) mass is 378 g/mol. The summed E-state index contributed by atoms with van der Waals surface area (Å²) in [6.07, 6.45) is 0. The molecule has 1 saturated heterocycles. The Bertz CT molecular complexity index is 711. The van der Waals surface area contributed by atoms with Crippen LogP contribution in [0.25, 0.3) is 10.4 Å². The minimum Gasteiger partial charge on any atom is -0.372 e. The van der Waals surface area contributed by atoms with E-state index in [1.807, 2.05) is 30.0 Å². The number of amides is 1. The van der Waals surface area contributed by atoms with Gasteiger partial charge in [0.25, 0.3) is 0 Å². The van der Waals surface area contributed by atoms with Crippen LogP contribution >= 0.6 is 22.9 Å². The van der Waals surface area contributed by atoms with Crippen molar-refractivity contribution in [1.29, 1.82) is 0 Å². The Balaban J connectivity index is 1.52. The van der Waals surface area contributed by atoms with Gasteiger partial charge in [0, 0.05) is 54.1 Å². The van der Waals surface area contributed by atoms with Crippen LogP contribution in [0.1, 0.15) is 11.8 Å². The summed E-state index contributed by atoms with van der Waals surface area (Å²) in [5.41, 5.74) is 1.16. The molecule has 3 rings (SSSR count). The van der Waals surface area contributed by atoms with Gasteiger partial charge < -0.3 is 9.64 Å². The van der Waals surface area contributed by atoms with Gasteiger partial charge in [-0.25, -0.2) is 0 Å². The molecule has 6 heteroatoms. The third-order valence-corrected chi connectivity index (χ3v) is 5.66. The minimum atomic E-state index is 0.0980. The van der Waals surface area contributed by atoms with Crippen LogP contribution in [0, 0.1) is 0 Å². The van der Waals surface area contributed by atoms with Gasteiger partial charge in [-0.2, -0.15) is 0 Å². The van der Waals surface area contributed by atoms with E-state index >= 15 is 0 Å². The number of nitrogens with zero attached hydrogens (tertiary/aromatic N) is 2. The zero-order valence-corrected chi connectivity index (χ0v) is 16.0. The highest BCUT2D eigenvalue weighted by molar-refractivity contribution is 7.15. The molecule has 4 nitrogen and oxygen atoms in total. The lowest BCUT2D eigenvalue weighted by Crippen LogP contribution is -2.49. The highest BCUT2D eigenvalue weighted by atomic mass is 35.5. The van der Waals surface area contributed by atoms with Crippen molar-refractivity contribution in [1.82, 2.24) is 9.80 Å². The molecule has 25 heavy (non-hydrogen) atoms. The van der Waals surface area contributed by atoms with Gasteiger partial charge in [-0.05, 0) is 36.8 Å². The molecule has 1 aliphatic heterocycles. The first-order valence-electron chi connectivity index (χ1n) is 8.58. The van der Waals surface area contributed by atoms with E-state index in [0.717, 1.165) is 43.3 Å². The smallest absolute Gasteiger partial charge is 0.248 e. The molecular weight excluding hydrogens is 356 g/mol. The molecule has 2 heterocycles. The van der Waals surface area contributed by atoms with Crippen molar-refractivity contribution in [3.63, 3.8) is 0 Å². The third-order valence-electron chi connectivity index (χ3n) is 4.30. The number of rotatable bonds is 6. The van der Waals surface area contributed by atoms with Gasteiger partial charge in [0.2, 0.25) is 5.91 Å². The fourth-order valence-corrected chi connectivity index (χ4v) is 4.15. The van der Waals surface area contributed by atoms with E-state index in [1.165, 1.54) is 9.75 Å². The first-order chi connectivity index (χ1) is 12.2. The molecule has 0 N–H and O–H groups in total. The van der Waals surface area contributed by atoms with Crippen LogP contribution in [0.2, 0.25) is 5.02 Å². The molecule has 0 bridgehead atoms. The topological polar surface area (TPSA) is 32.8 Å². The summed E-state index contributed by atoms with van der Waals surface area (Å²) in [6, 6.07) is 12.3. The van der Waals surface area contributed by atoms with Crippen LogP contribution < -0.4 is 0 Å². The number of ether oxygens (including phenoxy) is 1. The van der Waals surface area contributed by atoms with Gasteiger partial charge in [-0.15, -0.1) is 11.3 Å². The quantitative estimate of drug-likeness (QED) is 0.767. The Morgan fingerprint density at radius 2 is 2.00 bits per heavy atom. The Morgan fingerprint density at radius 3 is 2.72 bits per heavy atom. The number of carbonyl (C=O) groups excluding carboxylic acids is 1. The van der Waals surface area contributed by atoms with Gasteiger partial charge in [-0.3, -0.25) is 9.69 Å². The molecule has 1 aliphatic rings. The number of hydrogen-bond acceptors (Lipinski definition) is 4. The van der Waals surface area contributed by atoms with E-state index in [4.69, 9.17) is 16.3 Å². The predicted molar refractivity (Wildman–Crippen MR) is 103 cm³/mol. The summed E-state index contributed by atoms with van der Waals surface area (Å²) in [5, 5.41) is 0.764. The number of piperazine rings is 1. The van der Waals surface area contributed by atoms with Crippen LogP contribution in [0.5, 0.6) is 0 Å². The average molecular weight is 379 g/mol. The SMILES string of the molecule is CCOCC(=O)N1CCN(Cc2ccc(-c3cccc(Cl)c3)s2)CC1. The van der Waals surface area contributed by atoms with Crippen LogP contribution in [-0.2, 0) is 16.1 Å². The Labute approximate surface area is 158 Å². The second kappa shape index (κ2) is 8.81. The normalized spacial score (nSPS) is 15.5. The second-order valence-corrected chi connectivity index (χ2v) is 7.68. The maximum absolute atomic E-state index is 12.0. The molecular formula is C19H23ClN2O2S. The highest BCUT2D eigenvalue weighted by Crippen LogP contribution is 2.30. The molecule has 0 atom stereocenters. The van der Waals surface area contributed by atoms with Crippen LogP contribution in [0.4, 0.5) is 0 Å². The lowest BCUT2D eigenvalue weighted by Gasteiger charge is -2.34. The van der Waals surface area contributed by atoms with E-state index in [9.17, 15) is 4.79 Å². The first-order valence-corrected chi connectivity index (χ1v) is 9.77. The van der Waals surface area contributed by atoms with Gasteiger partial charge in [0.15, 0.2) is 0 Å². The third kappa shape index (κ3) is 5.05. The van der Waals surface area contributed by atoms with Gasteiger partial charge in [0.1, 0.15) is 6.61 Å². The zero-order valence-electron chi connectivity index (χ0n) is 14.4. The molecule has 0 aliphatic carbocycles. The van der Waals surface area contributed by atoms with Crippen molar-refractivity contribution in [2.75, 3.05) is 39.4 Å². The van der Waals surface area contributed by atoms with Crippen LogP contribution in [-0.4, -0.2) is 55.1 Å². The van der Waals surface area contributed by atoms with E-state index in [2.05, 4.69) is 23.1 Å². The lowest BCUT2D eigenvalue weighted by atomic mass is 10.2. The molecule has 1 fully saturated rings. The van der Waals surface area contributed by atoms with Gasteiger partial charge in [-0.1, -0.05) is 23.7 Å². The molecule has 0 spiro atoms. The number of hydrogen-bond donors (Lipinski definition) is 0. The Morgan fingerprint density at radius 1 is 1.20 bits per heavy atom. The summed E-state index contributed by atoms with van der Waals surface area (Å²) in [6.45, 7) is 6.98. The average Bonchev–Trinajstić information content (AvgIpc) is 3.09. The standard InChI is InChI=1S/C19H23ClN2O2S/c1-2-24-14-19(23)22-10-8-21(9-11-22)13-17-6-7-18(25-17)15-4-3-5-16(20)12-15/h3-7,12H,2,8-11,13-14H2,1H3. The van der Waals surface area contributed by atoms with Crippen LogP contribution in [0.3, 0.4) is 0 Å². The molecule has 1 aromatic heterocycles. The summed E-state index contributed by atoms with van der Waals surface area (Å²) >= 11 is 7.89. The number of benzene rings is 1. The summed E-state index contributed by atoms with van der Waals surface area (Å²) in [5.74, 6) is 0.0980. The van der Waals surface area contributed by atoms with E-state index in [1.54, 1.807) is 11.3 Å². The summed E-state index contributed by atoms with van der Waals surface area (Å²) in [4.78, 5) is 18.9. The molecule has 0 saturated carbocycles. The number of halogens is 1. The zero-order chi connectivity index (χ0) is 17.6. The van der Waals surface area contributed by atoms with Crippen molar-refractivity contribution >= 4 is 28.8 Å². The Hall–Kier alpha value is -1.40. The lowest BCUT2D eigenvalue weighted by molar-refractivity contribution is -0.137. The van der Waals surface area contributed by atoms with Crippen LogP contribution in [0.15, 0.2) is 36.4 Å². The minimum absolute atomic E-state index is 0.0980. The highest BCUT2D eigenvalue weighted by Gasteiger charge is 2.21. The second-order valence-electron chi connectivity index (χ2n) is 6.07. The fourth-order valence-electron chi connectivity index (χ4n) is 2.92. The number of carbonyl (C=O) groups is 1. The van der Waals surface area contributed by atoms with Crippen molar-refractivity contribution < 1.29 is 9.53 Å². The molecule has 1 aromatic carbocycles. The predicted octanol–water partition coefficient (Wildman–Crippen LogP) is 3.75. The van der Waals surface area contributed by atoms with Gasteiger partial charge >= 0.3 is 0 Å². The van der Waals surface area contributed by atoms with E-state index in [-0.39, 0.29) is 12.5 Å². The first kappa shape index (κ1) is 18.4. The molecule has 0 radical (unpaired) electrons. The van der Waals surface area contributed by atoms with Crippen molar-refractivity contribution in [2.45, 2.75) is 13.5 Å². The Kier molecular flexibility index (Phi) is 6.48. The maximum atomic E-state index is 12.0. The largest absolute Gasteiger partial charge is 0.372 e. The molecule has 1 amide bonds.